The molecular weight excluding hydrogens is 280 g/mol. The Balaban J connectivity index is 0.00000147. The van der Waals surface area contributed by atoms with Gasteiger partial charge in [-0.05, 0) is 24.3 Å². The van der Waals surface area contributed by atoms with Crippen molar-refractivity contribution in [1.82, 2.24) is 0 Å². The second-order valence-corrected chi connectivity index (χ2v) is 4.14. The van der Waals surface area contributed by atoms with Crippen LogP contribution in [0.15, 0.2) is 52.9 Å². The van der Waals surface area contributed by atoms with E-state index in [1.165, 1.54) is 6.07 Å². The number of hydrogen-bond donors (Lipinski definition) is 3. The fraction of sp³-hybridized carbons (Fsp3) is 0. The van der Waals surface area contributed by atoms with Crippen LogP contribution in [-0.4, -0.2) is 15.3 Å². The van der Waals surface area contributed by atoms with Gasteiger partial charge in [0.1, 0.15) is 5.75 Å². The van der Waals surface area contributed by atoms with Crippen LogP contribution in [0.3, 0.4) is 0 Å². The van der Waals surface area contributed by atoms with Gasteiger partial charge in [-0.15, -0.1) is 0 Å². The first-order valence-electron chi connectivity index (χ1n) is 5.73. The third kappa shape index (κ3) is 2.10. The molecule has 0 amide bonds. The molecule has 3 aromatic rings. The van der Waals surface area contributed by atoms with Crippen LogP contribution < -0.4 is 12.4 Å². The zero-order valence-corrected chi connectivity index (χ0v) is 11.0. The maximum Gasteiger partial charge on any atom is 0.405 e. The van der Waals surface area contributed by atoms with E-state index in [1.54, 1.807) is 36.4 Å². The quantitative estimate of drug-likeness (QED) is 0.571. The minimum Gasteiger partial charge on any atom is -1.00 e. The van der Waals surface area contributed by atoms with E-state index in [0.717, 1.165) is 0 Å². The van der Waals surface area contributed by atoms with Crippen molar-refractivity contribution in [2.45, 2.75) is 0 Å². The number of halogens is 1. The smallest absolute Gasteiger partial charge is 0.405 e. The molecule has 0 aliphatic heterocycles. The third-order valence-electron chi connectivity index (χ3n) is 2.93. The Bertz CT molecular complexity index is 757. The molecule has 2 aromatic carbocycles. The van der Waals surface area contributed by atoms with E-state index in [1.807, 2.05) is 6.07 Å². The van der Waals surface area contributed by atoms with E-state index in [-0.39, 0.29) is 35.1 Å². The molecule has 4 nitrogen and oxygen atoms in total. The zero-order valence-electron chi connectivity index (χ0n) is 10.2. The third-order valence-corrected chi connectivity index (χ3v) is 2.93. The van der Waals surface area contributed by atoms with Crippen LogP contribution in [0.2, 0.25) is 0 Å². The SMILES string of the molecule is Oc1c(-c2ccccc2)[o+]c2cccc(O)c2c1O.[Cl-]. The number of aromatic hydroxyl groups is 3. The number of phenols is 1. The van der Waals surface area contributed by atoms with Crippen molar-refractivity contribution in [2.75, 3.05) is 0 Å². The van der Waals surface area contributed by atoms with Crippen LogP contribution in [0.5, 0.6) is 17.2 Å². The average Bonchev–Trinajstić information content (AvgIpc) is 2.43. The van der Waals surface area contributed by atoms with Crippen molar-refractivity contribution >= 4 is 11.0 Å². The minimum atomic E-state index is -0.391. The first kappa shape index (κ1) is 14.0. The Morgan fingerprint density at radius 1 is 0.750 bits per heavy atom. The lowest BCUT2D eigenvalue weighted by atomic mass is 10.1. The van der Waals surface area contributed by atoms with E-state index >= 15 is 0 Å². The van der Waals surface area contributed by atoms with Crippen LogP contribution in [0.25, 0.3) is 22.3 Å². The van der Waals surface area contributed by atoms with Gasteiger partial charge in [0, 0.05) is 6.07 Å². The fourth-order valence-electron chi connectivity index (χ4n) is 2.01. The first-order valence-corrected chi connectivity index (χ1v) is 5.73. The molecule has 5 heteroatoms. The van der Waals surface area contributed by atoms with Gasteiger partial charge in [-0.2, -0.15) is 0 Å². The summed E-state index contributed by atoms with van der Waals surface area (Å²) in [5, 5.41) is 29.8. The highest BCUT2D eigenvalue weighted by atomic mass is 35.5. The minimum absolute atomic E-state index is 0. The average molecular weight is 291 g/mol. The van der Waals surface area contributed by atoms with E-state index in [2.05, 4.69) is 0 Å². The summed E-state index contributed by atoms with van der Waals surface area (Å²) in [6.45, 7) is 0. The Morgan fingerprint density at radius 3 is 2.15 bits per heavy atom. The summed E-state index contributed by atoms with van der Waals surface area (Å²) in [5.74, 6) is -0.761. The largest absolute Gasteiger partial charge is 1.00 e. The lowest BCUT2D eigenvalue weighted by molar-refractivity contribution is -0.00000689. The van der Waals surface area contributed by atoms with E-state index in [9.17, 15) is 15.3 Å². The molecule has 0 aliphatic carbocycles. The van der Waals surface area contributed by atoms with Gasteiger partial charge in [0.15, 0.2) is 11.1 Å². The number of rotatable bonds is 1. The van der Waals surface area contributed by atoms with Gasteiger partial charge in [-0.1, -0.05) is 18.2 Å². The molecule has 20 heavy (non-hydrogen) atoms. The Morgan fingerprint density at radius 2 is 1.45 bits per heavy atom. The molecule has 3 N–H and O–H groups in total. The summed E-state index contributed by atoms with van der Waals surface area (Å²) in [5.41, 5.74) is 0.940. The summed E-state index contributed by atoms with van der Waals surface area (Å²) in [7, 11) is 0. The Labute approximate surface area is 121 Å². The molecule has 0 unspecified atom stereocenters. The van der Waals surface area contributed by atoms with Crippen LogP contribution in [0, 0.1) is 0 Å². The number of phenolic OH excluding ortho intramolecular Hbond substituents is 1. The highest BCUT2D eigenvalue weighted by Crippen LogP contribution is 2.44. The van der Waals surface area contributed by atoms with Crippen molar-refractivity contribution in [3.63, 3.8) is 0 Å². The van der Waals surface area contributed by atoms with Crippen molar-refractivity contribution in [3.8, 4) is 28.6 Å². The van der Waals surface area contributed by atoms with E-state index < -0.39 is 5.75 Å². The van der Waals surface area contributed by atoms with Crippen LogP contribution in [0.1, 0.15) is 0 Å². The van der Waals surface area contributed by atoms with Crippen LogP contribution in [0.4, 0.5) is 0 Å². The predicted molar refractivity (Wildman–Crippen MR) is 71.1 cm³/mol. The van der Waals surface area contributed by atoms with Crippen molar-refractivity contribution < 1.29 is 32.1 Å². The lowest BCUT2D eigenvalue weighted by Crippen LogP contribution is -3.00. The standard InChI is InChI=1S/C15H10O4.ClH/c16-10-7-4-8-11-12(10)13(17)14(18)15(19-11)9-5-2-1-3-6-9;/h1-8H,(H2-,16,17,18);1H. The summed E-state index contributed by atoms with van der Waals surface area (Å²) in [6, 6.07) is 13.6. The molecular formula is C15H11ClO4. The molecule has 0 atom stereocenters. The Kier molecular flexibility index (Phi) is 3.68. The highest BCUT2D eigenvalue weighted by molar-refractivity contribution is 5.93. The molecule has 1 heterocycles. The second kappa shape index (κ2) is 5.27. The van der Waals surface area contributed by atoms with Gasteiger partial charge in [0.25, 0.3) is 5.75 Å². The number of benzene rings is 2. The van der Waals surface area contributed by atoms with Crippen LogP contribution >= 0.6 is 0 Å². The molecule has 0 bridgehead atoms. The predicted octanol–water partition coefficient (Wildman–Crippen LogP) is 0.502. The summed E-state index contributed by atoms with van der Waals surface area (Å²) >= 11 is 0. The monoisotopic (exact) mass is 290 g/mol. The fourth-order valence-corrected chi connectivity index (χ4v) is 2.01. The first-order chi connectivity index (χ1) is 9.18. The number of fused-ring (bicyclic) bond motifs is 1. The molecule has 3 rings (SSSR count). The number of hydrogen-bond acceptors (Lipinski definition) is 3. The summed E-state index contributed by atoms with van der Waals surface area (Å²) < 4.78 is 5.57. The van der Waals surface area contributed by atoms with Gasteiger partial charge in [-0.25, -0.2) is 4.42 Å². The molecule has 0 spiro atoms. The molecule has 0 radical (unpaired) electrons. The molecule has 1 aromatic heterocycles. The van der Waals surface area contributed by atoms with Crippen LogP contribution in [-0.2, 0) is 0 Å². The molecule has 0 saturated heterocycles. The van der Waals surface area contributed by atoms with Gasteiger partial charge in [-0.3, -0.25) is 0 Å². The van der Waals surface area contributed by atoms with Gasteiger partial charge in [0.2, 0.25) is 0 Å². The molecule has 0 saturated carbocycles. The van der Waals surface area contributed by atoms with Gasteiger partial charge >= 0.3 is 11.3 Å². The lowest BCUT2D eigenvalue weighted by Gasteiger charge is -2.01. The molecule has 0 aliphatic rings. The zero-order chi connectivity index (χ0) is 13.4. The second-order valence-electron chi connectivity index (χ2n) is 4.14. The topological polar surface area (TPSA) is 72.0 Å². The van der Waals surface area contributed by atoms with Gasteiger partial charge < -0.3 is 27.7 Å². The van der Waals surface area contributed by atoms with E-state index in [0.29, 0.717) is 11.1 Å². The van der Waals surface area contributed by atoms with Gasteiger partial charge in [0.05, 0.1) is 5.56 Å². The van der Waals surface area contributed by atoms with Crippen molar-refractivity contribution in [3.05, 3.63) is 48.5 Å². The Hall–Kier alpha value is -2.46. The highest BCUT2D eigenvalue weighted by Gasteiger charge is 2.28. The normalized spacial score (nSPS) is 10.2. The van der Waals surface area contributed by atoms with E-state index in [4.69, 9.17) is 4.42 Å². The maximum atomic E-state index is 10.0. The summed E-state index contributed by atoms with van der Waals surface area (Å²) in [4.78, 5) is 0. The summed E-state index contributed by atoms with van der Waals surface area (Å²) in [6.07, 6.45) is 0. The van der Waals surface area contributed by atoms with Crippen molar-refractivity contribution in [2.24, 2.45) is 0 Å². The van der Waals surface area contributed by atoms with Crippen molar-refractivity contribution in [1.29, 1.82) is 0 Å². The molecule has 0 fully saturated rings. The molecule has 102 valence electrons. The maximum absolute atomic E-state index is 10.0.